The molecule has 6 heteroatoms. The lowest BCUT2D eigenvalue weighted by Gasteiger charge is -2.43. The van der Waals surface area contributed by atoms with Gasteiger partial charge in [0.05, 0.1) is 27.0 Å². The summed E-state index contributed by atoms with van der Waals surface area (Å²) in [6.07, 6.45) is 1.25. The van der Waals surface area contributed by atoms with Crippen LogP contribution in [0.4, 0.5) is 5.69 Å². The molecular weight excluding hydrogens is 418 g/mol. The highest BCUT2D eigenvalue weighted by Crippen LogP contribution is 2.52. The minimum Gasteiger partial charge on any atom is -0.493 e. The number of ether oxygens (including phenoxy) is 3. The first-order valence-corrected chi connectivity index (χ1v) is 11.2. The Balaban J connectivity index is 1.96. The predicted molar refractivity (Wildman–Crippen MR) is 127 cm³/mol. The molecule has 0 unspecified atom stereocenters. The normalized spacial score (nSPS) is 19.9. The summed E-state index contributed by atoms with van der Waals surface area (Å²) in [4.78, 5) is 29.0. The molecule has 0 fully saturated rings. The van der Waals surface area contributed by atoms with E-state index in [1.807, 2.05) is 37.3 Å². The zero-order valence-corrected chi connectivity index (χ0v) is 20.2. The maximum atomic E-state index is 13.7. The molecule has 0 spiro atoms. The van der Waals surface area contributed by atoms with E-state index in [4.69, 9.17) is 14.2 Å². The van der Waals surface area contributed by atoms with Crippen LogP contribution < -0.4 is 19.1 Å². The van der Waals surface area contributed by atoms with Crippen molar-refractivity contribution in [2.24, 2.45) is 5.41 Å². The molecule has 0 N–H and O–H groups in total. The number of amides is 1. The minimum absolute atomic E-state index is 0.0320. The molecular formula is C27H31NO5. The fraction of sp³-hybridized carbons (Fsp3) is 0.407. The van der Waals surface area contributed by atoms with Gasteiger partial charge in [-0.2, -0.15) is 0 Å². The van der Waals surface area contributed by atoms with Crippen molar-refractivity contribution in [3.63, 3.8) is 0 Å². The number of ketones is 1. The van der Waals surface area contributed by atoms with Gasteiger partial charge in [-0.25, -0.2) is 0 Å². The molecule has 2 aliphatic rings. The Labute approximate surface area is 195 Å². The molecule has 1 aliphatic carbocycles. The van der Waals surface area contributed by atoms with E-state index in [2.05, 4.69) is 13.8 Å². The summed E-state index contributed by atoms with van der Waals surface area (Å²) in [6.45, 7) is 6.15. The number of carbonyl (C=O) groups excluding carboxylic acids is 2. The van der Waals surface area contributed by atoms with Gasteiger partial charge >= 0.3 is 0 Å². The Morgan fingerprint density at radius 1 is 0.909 bits per heavy atom. The van der Waals surface area contributed by atoms with Gasteiger partial charge in [0.1, 0.15) is 0 Å². The van der Waals surface area contributed by atoms with E-state index < -0.39 is 5.92 Å². The number of nitrogens with zero attached hydrogens (tertiary/aromatic N) is 1. The van der Waals surface area contributed by atoms with Crippen molar-refractivity contribution in [1.82, 2.24) is 0 Å². The molecule has 0 saturated carbocycles. The number of hydrogen-bond donors (Lipinski definition) is 0. The number of hydrogen-bond acceptors (Lipinski definition) is 5. The molecule has 1 amide bonds. The number of para-hydroxylation sites is 1. The van der Waals surface area contributed by atoms with Crippen LogP contribution in [0.25, 0.3) is 0 Å². The molecule has 0 aromatic heterocycles. The standard InChI is InChI=1S/C27H31NO5/c1-16-9-7-8-10-19(16)28-20-14-27(2,3)15-21(29)24(20)18(13-23(28)30)17-11-12-22(31-4)26(33-6)25(17)32-5/h7-12,18H,13-15H2,1-6H3/t18-/m0/s1. The van der Waals surface area contributed by atoms with E-state index in [1.54, 1.807) is 32.3 Å². The van der Waals surface area contributed by atoms with Gasteiger partial charge in [0.2, 0.25) is 11.7 Å². The van der Waals surface area contributed by atoms with Crippen LogP contribution in [0.3, 0.4) is 0 Å². The van der Waals surface area contributed by atoms with Crippen LogP contribution in [0.2, 0.25) is 0 Å². The van der Waals surface area contributed by atoms with Gasteiger partial charge in [-0.05, 0) is 36.5 Å². The molecule has 0 radical (unpaired) electrons. The topological polar surface area (TPSA) is 65.1 Å². The summed E-state index contributed by atoms with van der Waals surface area (Å²) in [5, 5.41) is 0. The van der Waals surface area contributed by atoms with Gasteiger partial charge in [0.25, 0.3) is 0 Å². The van der Waals surface area contributed by atoms with Gasteiger partial charge in [-0.15, -0.1) is 0 Å². The molecule has 2 aromatic rings. The Kier molecular flexibility index (Phi) is 5.95. The summed E-state index contributed by atoms with van der Waals surface area (Å²) in [5.74, 6) is 1.11. The fourth-order valence-corrected chi connectivity index (χ4v) is 5.17. The van der Waals surface area contributed by atoms with Gasteiger partial charge in [0.15, 0.2) is 17.3 Å². The lowest BCUT2D eigenvalue weighted by Crippen LogP contribution is -2.44. The van der Waals surface area contributed by atoms with Crippen LogP contribution in [-0.4, -0.2) is 33.0 Å². The lowest BCUT2D eigenvalue weighted by atomic mass is 9.69. The van der Waals surface area contributed by atoms with Gasteiger partial charge < -0.3 is 14.2 Å². The molecule has 174 valence electrons. The van der Waals surface area contributed by atoms with Crippen molar-refractivity contribution in [1.29, 1.82) is 0 Å². The third-order valence-electron chi connectivity index (χ3n) is 6.61. The summed E-state index contributed by atoms with van der Waals surface area (Å²) >= 11 is 0. The highest BCUT2D eigenvalue weighted by atomic mass is 16.5. The first kappa shape index (κ1) is 22.9. The number of benzene rings is 2. The van der Waals surface area contributed by atoms with Crippen LogP contribution in [0.5, 0.6) is 17.2 Å². The second-order valence-corrected chi connectivity index (χ2v) is 9.50. The average molecular weight is 450 g/mol. The van der Waals surface area contributed by atoms with Crippen molar-refractivity contribution >= 4 is 17.4 Å². The second-order valence-electron chi connectivity index (χ2n) is 9.50. The molecule has 4 rings (SSSR count). The Hall–Kier alpha value is -3.28. The van der Waals surface area contributed by atoms with Gasteiger partial charge in [-0.1, -0.05) is 38.1 Å². The monoisotopic (exact) mass is 449 g/mol. The summed E-state index contributed by atoms with van der Waals surface area (Å²) in [7, 11) is 4.68. The SMILES string of the molecule is COc1ccc([C@@H]2CC(=O)N(c3ccccc3C)C3=C2C(=O)CC(C)(C)C3)c(OC)c1OC. The number of anilines is 1. The van der Waals surface area contributed by atoms with Crippen LogP contribution >= 0.6 is 0 Å². The van der Waals surface area contributed by atoms with E-state index in [9.17, 15) is 9.59 Å². The number of aryl methyl sites for hydroxylation is 1. The largest absolute Gasteiger partial charge is 0.493 e. The van der Waals surface area contributed by atoms with E-state index in [0.717, 1.165) is 22.5 Å². The summed E-state index contributed by atoms with van der Waals surface area (Å²) < 4.78 is 16.7. The lowest BCUT2D eigenvalue weighted by molar-refractivity contribution is -0.121. The Bertz CT molecular complexity index is 1150. The third-order valence-corrected chi connectivity index (χ3v) is 6.61. The second kappa shape index (κ2) is 8.58. The predicted octanol–water partition coefficient (Wildman–Crippen LogP) is 5.18. The van der Waals surface area contributed by atoms with Crippen LogP contribution in [-0.2, 0) is 9.59 Å². The number of rotatable bonds is 5. The molecule has 1 heterocycles. The highest BCUT2D eigenvalue weighted by molar-refractivity contribution is 6.08. The van der Waals surface area contributed by atoms with E-state index in [0.29, 0.717) is 35.7 Å². The van der Waals surface area contributed by atoms with Gasteiger partial charge in [-0.3, -0.25) is 14.5 Å². The van der Waals surface area contributed by atoms with E-state index in [-0.39, 0.29) is 23.5 Å². The molecule has 2 aromatic carbocycles. The molecule has 1 aliphatic heterocycles. The summed E-state index contributed by atoms with van der Waals surface area (Å²) in [6, 6.07) is 11.5. The van der Waals surface area contributed by atoms with Crippen molar-refractivity contribution in [2.45, 2.75) is 46.0 Å². The van der Waals surface area contributed by atoms with Crippen LogP contribution in [0, 0.1) is 12.3 Å². The maximum Gasteiger partial charge on any atom is 0.232 e. The van der Waals surface area contributed by atoms with Crippen molar-refractivity contribution in [3.8, 4) is 17.2 Å². The Morgan fingerprint density at radius 3 is 2.24 bits per heavy atom. The molecule has 1 atom stereocenters. The zero-order valence-electron chi connectivity index (χ0n) is 20.2. The third kappa shape index (κ3) is 3.88. The van der Waals surface area contributed by atoms with Crippen LogP contribution in [0.15, 0.2) is 47.7 Å². The van der Waals surface area contributed by atoms with E-state index in [1.165, 1.54) is 0 Å². The highest BCUT2D eigenvalue weighted by Gasteiger charge is 2.45. The van der Waals surface area contributed by atoms with Crippen molar-refractivity contribution < 1.29 is 23.8 Å². The smallest absolute Gasteiger partial charge is 0.232 e. The average Bonchev–Trinajstić information content (AvgIpc) is 2.77. The van der Waals surface area contributed by atoms with Gasteiger partial charge in [0, 0.05) is 35.6 Å². The number of Topliss-reactive ketones (excluding diaryl/α,β-unsaturated/α-hetero) is 1. The Morgan fingerprint density at radius 2 is 1.61 bits per heavy atom. The van der Waals surface area contributed by atoms with Crippen LogP contribution in [0.1, 0.15) is 50.2 Å². The maximum absolute atomic E-state index is 13.7. The molecule has 33 heavy (non-hydrogen) atoms. The number of carbonyl (C=O) groups is 2. The quantitative estimate of drug-likeness (QED) is 0.629. The number of methoxy groups -OCH3 is 3. The zero-order chi connectivity index (χ0) is 23.9. The van der Waals surface area contributed by atoms with Crippen molar-refractivity contribution in [2.75, 3.05) is 26.2 Å². The van der Waals surface area contributed by atoms with Crippen molar-refractivity contribution in [3.05, 3.63) is 58.8 Å². The van der Waals surface area contributed by atoms with E-state index >= 15 is 0 Å². The fourth-order valence-electron chi connectivity index (χ4n) is 5.17. The molecule has 6 nitrogen and oxygen atoms in total. The summed E-state index contributed by atoms with van der Waals surface area (Å²) in [5.41, 5.74) is 3.84. The molecule has 0 saturated heterocycles. The first-order valence-electron chi connectivity index (χ1n) is 11.2. The molecule has 0 bridgehead atoms. The number of allylic oxidation sites excluding steroid dienone is 2. The first-order chi connectivity index (χ1) is 15.7. The minimum atomic E-state index is -0.411.